The fraction of sp³-hybridized carbons (Fsp3) is 0.118. The van der Waals surface area contributed by atoms with Gasteiger partial charge in [0.2, 0.25) is 0 Å². The summed E-state index contributed by atoms with van der Waals surface area (Å²) in [5, 5.41) is 12.2. The Morgan fingerprint density at radius 1 is 0.930 bits per heavy atom. The molecule has 1 amide bonds. The Morgan fingerprint density at radius 3 is 2.58 bits per heavy atom. The van der Waals surface area contributed by atoms with Crippen molar-refractivity contribution in [1.29, 1.82) is 0 Å². The van der Waals surface area contributed by atoms with Crippen molar-refractivity contribution in [2.75, 3.05) is 4.90 Å². The Labute approximate surface area is 251 Å². The lowest BCUT2D eigenvalue weighted by Gasteiger charge is -2.23. The van der Waals surface area contributed by atoms with E-state index < -0.39 is 17.7 Å². The van der Waals surface area contributed by atoms with Crippen molar-refractivity contribution >= 4 is 49.8 Å². The summed E-state index contributed by atoms with van der Waals surface area (Å²) in [5.41, 5.74) is 4.87. The van der Waals surface area contributed by atoms with Gasteiger partial charge in [0, 0.05) is 6.20 Å². The van der Waals surface area contributed by atoms with Crippen LogP contribution in [0, 0.1) is 13.8 Å². The number of carbonyl (C=O) groups excluding carboxylic acids is 2. The van der Waals surface area contributed by atoms with Gasteiger partial charge in [0.05, 0.1) is 27.5 Å². The second kappa shape index (κ2) is 10.5. The molecule has 0 saturated carbocycles. The van der Waals surface area contributed by atoms with Gasteiger partial charge in [0.25, 0.3) is 5.78 Å². The summed E-state index contributed by atoms with van der Waals surface area (Å²) in [5.74, 6) is -1.28. The van der Waals surface area contributed by atoms with Gasteiger partial charge in [-0.05, 0) is 66.9 Å². The molecule has 1 N–H and O–H groups in total. The van der Waals surface area contributed by atoms with Gasteiger partial charge in [0.1, 0.15) is 23.7 Å². The van der Waals surface area contributed by atoms with E-state index in [1.165, 1.54) is 16.2 Å². The van der Waals surface area contributed by atoms with Crippen molar-refractivity contribution < 1.29 is 19.4 Å². The summed E-state index contributed by atoms with van der Waals surface area (Å²) in [6.45, 7) is 4.11. The lowest BCUT2D eigenvalue weighted by atomic mass is 9.96. The smallest absolute Gasteiger partial charge is 0.301 e. The van der Waals surface area contributed by atoms with E-state index in [0.717, 1.165) is 21.3 Å². The summed E-state index contributed by atoms with van der Waals surface area (Å²) in [7, 11) is 0. The summed E-state index contributed by atoms with van der Waals surface area (Å²) < 4.78 is 8.71. The SMILES string of the molecule is Cc1ccc2nc(N3C(=O)C(=O)/C(=C(/O)c4c(C)nc5ccccn45)C3c3cccc(OCc4ccccc4)c3)sc2c1. The van der Waals surface area contributed by atoms with Crippen molar-refractivity contribution in [3.05, 3.63) is 131 Å². The lowest BCUT2D eigenvalue weighted by Crippen LogP contribution is -2.29. The molecule has 4 heterocycles. The number of hydrogen-bond acceptors (Lipinski definition) is 7. The summed E-state index contributed by atoms with van der Waals surface area (Å²) in [6, 6.07) is 27.5. The third kappa shape index (κ3) is 4.64. The first-order valence-corrected chi connectivity index (χ1v) is 14.6. The van der Waals surface area contributed by atoms with Gasteiger partial charge in [-0.3, -0.25) is 18.9 Å². The monoisotopic (exact) mass is 586 g/mol. The maximum atomic E-state index is 13.8. The van der Waals surface area contributed by atoms with E-state index in [4.69, 9.17) is 9.72 Å². The van der Waals surface area contributed by atoms with Gasteiger partial charge in [0.15, 0.2) is 10.9 Å². The number of benzene rings is 3. The highest BCUT2D eigenvalue weighted by Crippen LogP contribution is 2.45. The molecule has 0 bridgehead atoms. The van der Waals surface area contributed by atoms with E-state index in [1.807, 2.05) is 91.9 Å². The van der Waals surface area contributed by atoms with Gasteiger partial charge < -0.3 is 9.84 Å². The average Bonchev–Trinajstić information content (AvgIpc) is 3.66. The van der Waals surface area contributed by atoms with E-state index in [0.29, 0.717) is 40.1 Å². The van der Waals surface area contributed by atoms with Crippen LogP contribution in [0.15, 0.2) is 103 Å². The molecule has 6 aromatic rings. The standard InChI is InChI=1S/C34H26N4O4S/c1-20-14-15-25-26(17-20)43-34(36-25)38-30(23-11-8-12-24(18-23)42-19-22-9-4-3-5-10-22)28(32(40)33(38)41)31(39)29-21(2)35-27-13-6-7-16-37(27)29/h3-18,30,39H,19H2,1-2H3/b31-28+. The molecule has 7 rings (SSSR count). The number of nitrogens with zero attached hydrogens (tertiary/aromatic N) is 4. The number of hydrogen-bond donors (Lipinski definition) is 1. The van der Waals surface area contributed by atoms with Gasteiger partial charge in [-0.15, -0.1) is 0 Å². The van der Waals surface area contributed by atoms with Crippen LogP contribution in [0.5, 0.6) is 5.75 Å². The number of aryl methyl sites for hydroxylation is 2. The Kier molecular flexibility index (Phi) is 6.51. The highest BCUT2D eigenvalue weighted by molar-refractivity contribution is 7.22. The first-order chi connectivity index (χ1) is 20.9. The van der Waals surface area contributed by atoms with Crippen molar-refractivity contribution in [2.24, 2.45) is 0 Å². The van der Waals surface area contributed by atoms with Gasteiger partial charge >= 0.3 is 5.91 Å². The molecular formula is C34H26N4O4S. The first-order valence-electron chi connectivity index (χ1n) is 13.8. The van der Waals surface area contributed by atoms with Crippen LogP contribution >= 0.6 is 11.3 Å². The van der Waals surface area contributed by atoms with E-state index in [1.54, 1.807) is 23.6 Å². The highest BCUT2D eigenvalue weighted by Gasteiger charge is 2.48. The van der Waals surface area contributed by atoms with Crippen LogP contribution in [-0.4, -0.2) is 31.2 Å². The number of fused-ring (bicyclic) bond motifs is 2. The molecule has 3 aromatic heterocycles. The summed E-state index contributed by atoms with van der Waals surface area (Å²) in [6.07, 6.45) is 1.77. The molecule has 0 spiro atoms. The number of amides is 1. The molecule has 1 atom stereocenters. The number of thiazole rings is 1. The summed E-state index contributed by atoms with van der Waals surface area (Å²) >= 11 is 1.33. The van der Waals surface area contributed by atoms with Crippen LogP contribution in [0.1, 0.15) is 34.1 Å². The molecule has 212 valence electrons. The van der Waals surface area contributed by atoms with Gasteiger partial charge in [-0.25, -0.2) is 9.97 Å². The molecule has 1 aliphatic heterocycles. The molecule has 1 saturated heterocycles. The minimum absolute atomic E-state index is 0.0330. The molecule has 3 aromatic carbocycles. The second-order valence-corrected chi connectivity index (χ2v) is 11.5. The molecule has 1 aliphatic rings. The zero-order valence-corrected chi connectivity index (χ0v) is 24.2. The van der Waals surface area contributed by atoms with Crippen LogP contribution in [0.2, 0.25) is 0 Å². The number of pyridine rings is 1. The number of carbonyl (C=O) groups is 2. The molecule has 43 heavy (non-hydrogen) atoms. The molecule has 1 fully saturated rings. The number of imidazole rings is 1. The van der Waals surface area contributed by atoms with Crippen LogP contribution < -0.4 is 9.64 Å². The molecule has 1 unspecified atom stereocenters. The number of aliphatic hydroxyl groups excluding tert-OH is 1. The number of ketones is 1. The van der Waals surface area contributed by atoms with Crippen molar-refractivity contribution in [3.63, 3.8) is 0 Å². The summed E-state index contributed by atoms with van der Waals surface area (Å²) in [4.78, 5) is 38.3. The van der Waals surface area contributed by atoms with E-state index in [9.17, 15) is 14.7 Å². The zero-order chi connectivity index (χ0) is 29.7. The first kappa shape index (κ1) is 26.6. The van der Waals surface area contributed by atoms with Crippen molar-refractivity contribution in [2.45, 2.75) is 26.5 Å². The molecule has 9 heteroatoms. The maximum absolute atomic E-state index is 13.8. The van der Waals surface area contributed by atoms with E-state index >= 15 is 0 Å². The normalized spacial score (nSPS) is 16.4. The number of Topliss-reactive ketones (excluding diaryl/α,β-unsaturated/α-hetero) is 1. The minimum atomic E-state index is -0.949. The van der Waals surface area contributed by atoms with Gasteiger partial charge in [-0.1, -0.05) is 65.9 Å². The molecule has 0 aliphatic carbocycles. The lowest BCUT2D eigenvalue weighted by molar-refractivity contribution is -0.132. The number of ether oxygens (including phenoxy) is 1. The Hall–Kier alpha value is -5.28. The number of aliphatic hydroxyl groups is 1. The minimum Gasteiger partial charge on any atom is -0.505 e. The van der Waals surface area contributed by atoms with Crippen LogP contribution in [-0.2, 0) is 16.2 Å². The maximum Gasteiger partial charge on any atom is 0.301 e. The van der Waals surface area contributed by atoms with E-state index in [-0.39, 0.29) is 11.3 Å². The molecule has 8 nitrogen and oxygen atoms in total. The zero-order valence-electron chi connectivity index (χ0n) is 23.4. The largest absolute Gasteiger partial charge is 0.505 e. The third-order valence-corrected chi connectivity index (χ3v) is 8.55. The van der Waals surface area contributed by atoms with E-state index in [2.05, 4.69) is 4.98 Å². The van der Waals surface area contributed by atoms with Crippen LogP contribution in [0.3, 0.4) is 0 Å². The fourth-order valence-electron chi connectivity index (χ4n) is 5.51. The third-order valence-electron chi connectivity index (χ3n) is 7.53. The van der Waals surface area contributed by atoms with Crippen molar-refractivity contribution in [3.8, 4) is 5.75 Å². The topological polar surface area (TPSA) is 97.0 Å². The second-order valence-electron chi connectivity index (χ2n) is 10.5. The molecule has 0 radical (unpaired) electrons. The van der Waals surface area contributed by atoms with Crippen molar-refractivity contribution in [1.82, 2.24) is 14.4 Å². The quantitative estimate of drug-likeness (QED) is 0.132. The Bertz CT molecular complexity index is 2080. The Morgan fingerprint density at radius 2 is 1.74 bits per heavy atom. The number of anilines is 1. The number of aromatic nitrogens is 3. The van der Waals surface area contributed by atoms with Crippen LogP contribution in [0.4, 0.5) is 5.13 Å². The van der Waals surface area contributed by atoms with Crippen LogP contribution in [0.25, 0.3) is 21.6 Å². The predicted molar refractivity (Wildman–Crippen MR) is 166 cm³/mol. The highest BCUT2D eigenvalue weighted by atomic mass is 32.1. The molecular weight excluding hydrogens is 560 g/mol. The predicted octanol–water partition coefficient (Wildman–Crippen LogP) is 6.77. The fourth-order valence-corrected chi connectivity index (χ4v) is 6.60. The number of rotatable bonds is 6. The average molecular weight is 587 g/mol. The van der Waals surface area contributed by atoms with Gasteiger partial charge in [-0.2, -0.15) is 0 Å². The Balaban J connectivity index is 1.40.